The number of hydrogen-bond acceptors (Lipinski definition) is 5. The molecule has 1 N–H and O–H groups in total. The third-order valence-electron chi connectivity index (χ3n) is 5.55. The minimum atomic E-state index is -0.574. The minimum Gasteiger partial charge on any atom is -0.497 e. The molecule has 1 heterocycles. The van der Waals surface area contributed by atoms with Crippen molar-refractivity contribution in [3.63, 3.8) is 0 Å². The second-order valence-electron chi connectivity index (χ2n) is 7.91. The standard InChI is InChI=1S/C28H23N3O3S/c1-18-12-13-21(14-19(18)2)30-26(32)24(17-29)28-31(22-9-5-4-6-10-22)27(33)25(35-28)16-20-8-7-11-23(15-20)34-3/h4-16H,1-3H3,(H,30,32)/b25-16+,28-24-. The number of amides is 1. The average molecular weight is 482 g/mol. The number of hydrogen-bond donors (Lipinski definition) is 1. The first kappa shape index (κ1) is 23.7. The molecule has 4 aromatic rings. The Labute approximate surface area is 206 Å². The molecule has 1 aromatic heterocycles. The van der Waals surface area contributed by atoms with Gasteiger partial charge in [0.1, 0.15) is 16.5 Å². The van der Waals surface area contributed by atoms with Gasteiger partial charge >= 0.3 is 0 Å². The van der Waals surface area contributed by atoms with Crippen molar-refractivity contribution < 1.29 is 9.53 Å². The molecule has 0 spiro atoms. The summed E-state index contributed by atoms with van der Waals surface area (Å²) in [6, 6.07) is 23.9. The molecule has 0 saturated carbocycles. The van der Waals surface area contributed by atoms with Gasteiger partial charge in [-0.25, -0.2) is 0 Å². The molecule has 0 unspecified atom stereocenters. The predicted octanol–water partition coefficient (Wildman–Crippen LogP) is 3.67. The van der Waals surface area contributed by atoms with Gasteiger partial charge in [0.2, 0.25) is 0 Å². The highest BCUT2D eigenvalue weighted by Gasteiger charge is 2.17. The first-order chi connectivity index (χ1) is 16.9. The van der Waals surface area contributed by atoms with Crippen molar-refractivity contribution in [2.45, 2.75) is 13.8 Å². The first-order valence-corrected chi connectivity index (χ1v) is 11.7. The summed E-state index contributed by atoms with van der Waals surface area (Å²) in [7, 11) is 1.58. The largest absolute Gasteiger partial charge is 0.497 e. The minimum absolute atomic E-state index is 0.139. The Balaban J connectivity index is 1.93. The lowest BCUT2D eigenvalue weighted by molar-refractivity contribution is -0.111. The molecular formula is C28H23N3O3S. The van der Waals surface area contributed by atoms with E-state index in [4.69, 9.17) is 4.74 Å². The second-order valence-corrected chi connectivity index (χ2v) is 8.94. The van der Waals surface area contributed by atoms with Crippen LogP contribution in [0.4, 0.5) is 5.69 Å². The van der Waals surface area contributed by atoms with E-state index in [1.807, 2.05) is 62.4 Å². The number of para-hydroxylation sites is 1. The van der Waals surface area contributed by atoms with Gasteiger partial charge in [-0.1, -0.05) is 36.4 Å². The van der Waals surface area contributed by atoms with Gasteiger partial charge < -0.3 is 10.1 Å². The Hall–Kier alpha value is -4.41. The number of carbonyl (C=O) groups is 1. The number of aryl methyl sites for hydroxylation is 2. The third-order valence-corrected chi connectivity index (χ3v) is 6.64. The van der Waals surface area contributed by atoms with Crippen molar-refractivity contribution in [2.75, 3.05) is 12.4 Å². The second kappa shape index (κ2) is 10.2. The van der Waals surface area contributed by atoms with Crippen LogP contribution < -0.4 is 24.8 Å². The van der Waals surface area contributed by atoms with Crippen LogP contribution in [0, 0.1) is 25.2 Å². The fourth-order valence-corrected chi connectivity index (χ4v) is 4.65. The van der Waals surface area contributed by atoms with E-state index >= 15 is 0 Å². The summed E-state index contributed by atoms with van der Waals surface area (Å²) < 4.78 is 7.35. The van der Waals surface area contributed by atoms with Gasteiger partial charge in [-0.2, -0.15) is 5.26 Å². The molecule has 6 nitrogen and oxygen atoms in total. The van der Waals surface area contributed by atoms with Gasteiger partial charge in [0.15, 0.2) is 5.57 Å². The molecule has 0 bridgehead atoms. The van der Waals surface area contributed by atoms with Gasteiger partial charge in [0, 0.05) is 5.69 Å². The van der Waals surface area contributed by atoms with Crippen LogP contribution in [0.15, 0.2) is 77.6 Å². The Morgan fingerprint density at radius 3 is 2.49 bits per heavy atom. The summed E-state index contributed by atoms with van der Waals surface area (Å²) in [5.74, 6) is 0.0885. The zero-order valence-corrected chi connectivity index (χ0v) is 20.3. The monoisotopic (exact) mass is 481 g/mol. The van der Waals surface area contributed by atoms with Gasteiger partial charge in [-0.3, -0.25) is 14.2 Å². The summed E-state index contributed by atoms with van der Waals surface area (Å²) >= 11 is 1.10. The molecule has 0 aliphatic heterocycles. The van der Waals surface area contributed by atoms with Crippen molar-refractivity contribution in [1.82, 2.24) is 4.57 Å². The molecule has 0 aliphatic rings. The number of thiazole rings is 1. The highest BCUT2D eigenvalue weighted by molar-refractivity contribution is 7.07. The Morgan fingerprint density at radius 2 is 1.80 bits per heavy atom. The lowest BCUT2D eigenvalue weighted by Crippen LogP contribution is -2.32. The first-order valence-electron chi connectivity index (χ1n) is 10.9. The Morgan fingerprint density at radius 1 is 1.03 bits per heavy atom. The van der Waals surface area contributed by atoms with Crippen LogP contribution in [0.1, 0.15) is 16.7 Å². The maximum atomic E-state index is 13.5. The Bertz CT molecular complexity index is 1630. The number of anilines is 1. The SMILES string of the molecule is COc1cccc(/C=c2/s/c(=C(/C#N)C(=O)Nc3ccc(C)c(C)c3)n(-c3ccccc3)c2=O)c1. The zero-order valence-electron chi connectivity index (χ0n) is 19.5. The topological polar surface area (TPSA) is 84.1 Å². The van der Waals surface area contributed by atoms with E-state index in [9.17, 15) is 14.9 Å². The number of aromatic nitrogens is 1. The number of ether oxygens (including phenoxy) is 1. The fraction of sp³-hybridized carbons (Fsp3) is 0.107. The number of nitriles is 1. The number of carbonyl (C=O) groups excluding carboxylic acids is 1. The summed E-state index contributed by atoms with van der Waals surface area (Å²) in [6.45, 7) is 3.94. The average Bonchev–Trinajstić information content (AvgIpc) is 3.17. The smallest absolute Gasteiger partial charge is 0.273 e. The lowest BCUT2D eigenvalue weighted by Gasteiger charge is -2.07. The molecule has 0 aliphatic carbocycles. The molecule has 0 fully saturated rings. The lowest BCUT2D eigenvalue weighted by atomic mass is 10.1. The molecule has 0 saturated heterocycles. The number of rotatable bonds is 5. The number of nitrogens with zero attached hydrogens (tertiary/aromatic N) is 2. The number of methoxy groups -OCH3 is 1. The van der Waals surface area contributed by atoms with E-state index in [2.05, 4.69) is 5.32 Å². The number of nitrogens with one attached hydrogen (secondary N) is 1. The van der Waals surface area contributed by atoms with Crippen molar-refractivity contribution in [3.05, 3.63) is 109 Å². The van der Waals surface area contributed by atoms with E-state index in [1.54, 1.807) is 43.5 Å². The van der Waals surface area contributed by atoms with E-state index in [-0.39, 0.29) is 15.8 Å². The van der Waals surface area contributed by atoms with Crippen LogP contribution in [0.2, 0.25) is 0 Å². The molecule has 1 amide bonds. The van der Waals surface area contributed by atoms with Crippen LogP contribution in [-0.2, 0) is 4.79 Å². The third kappa shape index (κ3) is 5.08. The summed E-state index contributed by atoms with van der Waals surface area (Å²) in [4.78, 5) is 26.7. The van der Waals surface area contributed by atoms with Crippen molar-refractivity contribution in [2.24, 2.45) is 0 Å². The van der Waals surface area contributed by atoms with Crippen LogP contribution in [-0.4, -0.2) is 17.6 Å². The maximum Gasteiger partial charge on any atom is 0.273 e. The molecule has 0 radical (unpaired) electrons. The van der Waals surface area contributed by atoms with Crippen molar-refractivity contribution in [1.29, 1.82) is 5.26 Å². The van der Waals surface area contributed by atoms with E-state index in [0.29, 0.717) is 21.7 Å². The van der Waals surface area contributed by atoms with E-state index in [1.165, 1.54) is 4.57 Å². The van der Waals surface area contributed by atoms with Gasteiger partial charge in [0.25, 0.3) is 11.5 Å². The van der Waals surface area contributed by atoms with Crippen molar-refractivity contribution >= 4 is 34.6 Å². The molecule has 35 heavy (non-hydrogen) atoms. The summed E-state index contributed by atoms with van der Waals surface area (Å²) in [5.41, 5.74) is 3.59. The molecular weight excluding hydrogens is 458 g/mol. The van der Waals surface area contributed by atoms with Gasteiger partial charge in [-0.05, 0) is 73.0 Å². The zero-order chi connectivity index (χ0) is 24.9. The fourth-order valence-electron chi connectivity index (χ4n) is 3.55. The summed E-state index contributed by atoms with van der Waals surface area (Å²) in [6.07, 6.45) is 1.73. The normalized spacial score (nSPS) is 12.1. The quantitative estimate of drug-likeness (QED) is 0.472. The van der Waals surface area contributed by atoms with Gasteiger partial charge in [-0.15, -0.1) is 11.3 Å². The van der Waals surface area contributed by atoms with E-state index in [0.717, 1.165) is 28.0 Å². The molecule has 3 aromatic carbocycles. The number of benzene rings is 3. The van der Waals surface area contributed by atoms with Gasteiger partial charge in [0.05, 0.1) is 17.3 Å². The molecule has 174 valence electrons. The highest BCUT2D eigenvalue weighted by Crippen LogP contribution is 2.16. The molecule has 4 rings (SSSR count). The van der Waals surface area contributed by atoms with E-state index < -0.39 is 5.91 Å². The molecule has 7 heteroatoms. The van der Waals surface area contributed by atoms with Crippen LogP contribution in [0.5, 0.6) is 5.75 Å². The predicted molar refractivity (Wildman–Crippen MR) is 139 cm³/mol. The van der Waals surface area contributed by atoms with Crippen LogP contribution >= 0.6 is 11.3 Å². The molecule has 0 atom stereocenters. The van der Waals surface area contributed by atoms with Crippen LogP contribution in [0.3, 0.4) is 0 Å². The summed E-state index contributed by atoms with van der Waals surface area (Å²) in [5, 5.41) is 12.8. The highest BCUT2D eigenvalue weighted by atomic mass is 32.1. The Kier molecular flexibility index (Phi) is 6.95. The van der Waals surface area contributed by atoms with Crippen molar-refractivity contribution in [3.8, 4) is 17.5 Å². The van der Waals surface area contributed by atoms with Crippen LogP contribution in [0.25, 0.3) is 17.3 Å². The maximum absolute atomic E-state index is 13.5.